The van der Waals surface area contributed by atoms with Crippen LogP contribution in [0.1, 0.15) is 16.8 Å². The van der Waals surface area contributed by atoms with Gasteiger partial charge in [0, 0.05) is 36.1 Å². The molecule has 0 saturated heterocycles. The Kier molecular flexibility index (Phi) is 1.77. The molecule has 0 unspecified atom stereocenters. The second-order valence-electron chi connectivity index (χ2n) is 3.88. The Morgan fingerprint density at radius 2 is 2.27 bits per heavy atom. The van der Waals surface area contributed by atoms with Gasteiger partial charge in [-0.2, -0.15) is 5.26 Å². The highest BCUT2D eigenvalue weighted by Crippen LogP contribution is 2.25. The average Bonchev–Trinajstić information content (AvgIpc) is 2.66. The highest BCUT2D eigenvalue weighted by molar-refractivity contribution is 5.86. The first-order chi connectivity index (χ1) is 7.38. The number of H-pyrrole nitrogens is 1. The minimum Gasteiger partial charge on any atom is -0.358 e. The zero-order chi connectivity index (χ0) is 10.3. The molecule has 1 aromatic carbocycles. The molecule has 1 aliphatic heterocycles. The molecule has 0 radical (unpaired) electrons. The highest BCUT2D eigenvalue weighted by atomic mass is 14.9. The van der Waals surface area contributed by atoms with E-state index in [1.165, 1.54) is 16.6 Å². The largest absolute Gasteiger partial charge is 0.358 e. The van der Waals surface area contributed by atoms with Crippen LogP contribution in [-0.4, -0.2) is 11.5 Å². The van der Waals surface area contributed by atoms with Crippen molar-refractivity contribution >= 4 is 10.9 Å². The van der Waals surface area contributed by atoms with E-state index in [9.17, 15) is 0 Å². The summed E-state index contributed by atoms with van der Waals surface area (Å²) in [6.45, 7) is 1.94. The number of aromatic nitrogens is 1. The van der Waals surface area contributed by atoms with Gasteiger partial charge in [0.25, 0.3) is 0 Å². The van der Waals surface area contributed by atoms with E-state index in [4.69, 9.17) is 5.26 Å². The van der Waals surface area contributed by atoms with Crippen LogP contribution in [0.2, 0.25) is 0 Å². The van der Waals surface area contributed by atoms with Gasteiger partial charge in [0.15, 0.2) is 0 Å². The van der Waals surface area contributed by atoms with Gasteiger partial charge in [-0.15, -0.1) is 0 Å². The summed E-state index contributed by atoms with van der Waals surface area (Å²) < 4.78 is 0. The fraction of sp³-hybridized carbons (Fsp3) is 0.250. The number of rotatable bonds is 0. The zero-order valence-corrected chi connectivity index (χ0v) is 8.30. The van der Waals surface area contributed by atoms with Crippen LogP contribution in [0.3, 0.4) is 0 Å². The van der Waals surface area contributed by atoms with E-state index in [1.54, 1.807) is 0 Å². The number of fused-ring (bicyclic) bond motifs is 3. The fourth-order valence-electron chi connectivity index (χ4n) is 2.22. The topological polar surface area (TPSA) is 51.6 Å². The molecule has 2 heterocycles. The van der Waals surface area contributed by atoms with Crippen molar-refractivity contribution in [3.8, 4) is 6.07 Å². The molecular weight excluding hydrogens is 186 g/mol. The van der Waals surface area contributed by atoms with Crippen molar-refractivity contribution in [2.45, 2.75) is 13.0 Å². The maximum absolute atomic E-state index is 8.86. The van der Waals surface area contributed by atoms with Gasteiger partial charge in [-0.3, -0.25) is 0 Å². The lowest BCUT2D eigenvalue weighted by Crippen LogP contribution is -2.22. The molecule has 2 N–H and O–H groups in total. The molecule has 0 atom stereocenters. The Morgan fingerprint density at radius 3 is 3.13 bits per heavy atom. The number of hydrogen-bond donors (Lipinski definition) is 2. The van der Waals surface area contributed by atoms with Crippen molar-refractivity contribution in [3.63, 3.8) is 0 Å². The molecule has 15 heavy (non-hydrogen) atoms. The molecular formula is C12H11N3. The Labute approximate surface area is 87.7 Å². The number of hydrogen-bond acceptors (Lipinski definition) is 2. The monoisotopic (exact) mass is 197 g/mol. The number of nitrogens with one attached hydrogen (secondary N) is 2. The van der Waals surface area contributed by atoms with Crippen LogP contribution in [0.5, 0.6) is 0 Å². The van der Waals surface area contributed by atoms with E-state index >= 15 is 0 Å². The van der Waals surface area contributed by atoms with Crippen LogP contribution in [-0.2, 0) is 13.0 Å². The van der Waals surface area contributed by atoms with Crippen molar-refractivity contribution in [1.29, 1.82) is 5.26 Å². The van der Waals surface area contributed by atoms with Gasteiger partial charge >= 0.3 is 0 Å². The van der Waals surface area contributed by atoms with Gasteiger partial charge in [0.05, 0.1) is 11.6 Å². The van der Waals surface area contributed by atoms with Crippen LogP contribution in [0.4, 0.5) is 0 Å². The van der Waals surface area contributed by atoms with E-state index in [2.05, 4.69) is 16.4 Å². The standard InChI is InChI=1S/C12H11N3/c13-6-8-1-2-11-9(5-8)10-7-14-4-3-12(10)15-11/h1-2,5,14-15H,3-4,7H2. The molecule has 0 saturated carbocycles. The lowest BCUT2D eigenvalue weighted by Gasteiger charge is -2.12. The SMILES string of the molecule is N#Cc1ccc2[nH]c3c(c2c1)CNCC3. The highest BCUT2D eigenvalue weighted by Gasteiger charge is 2.14. The third kappa shape index (κ3) is 1.23. The lowest BCUT2D eigenvalue weighted by atomic mass is 10.0. The van der Waals surface area contributed by atoms with Crippen molar-refractivity contribution < 1.29 is 0 Å². The van der Waals surface area contributed by atoms with Gasteiger partial charge < -0.3 is 10.3 Å². The van der Waals surface area contributed by atoms with Gasteiger partial charge in [0.1, 0.15) is 0 Å². The summed E-state index contributed by atoms with van der Waals surface area (Å²) in [5.41, 5.74) is 4.52. The summed E-state index contributed by atoms with van der Waals surface area (Å²) in [5.74, 6) is 0. The molecule has 3 rings (SSSR count). The van der Waals surface area contributed by atoms with Crippen LogP contribution in [0.25, 0.3) is 10.9 Å². The lowest BCUT2D eigenvalue weighted by molar-refractivity contribution is 0.641. The van der Waals surface area contributed by atoms with E-state index in [0.29, 0.717) is 0 Å². The molecule has 3 heteroatoms. The van der Waals surface area contributed by atoms with Crippen LogP contribution in [0, 0.1) is 11.3 Å². The maximum atomic E-state index is 8.86. The molecule has 74 valence electrons. The van der Waals surface area contributed by atoms with Crippen LogP contribution in [0.15, 0.2) is 18.2 Å². The van der Waals surface area contributed by atoms with Crippen LogP contribution < -0.4 is 5.32 Å². The van der Waals surface area contributed by atoms with Crippen molar-refractivity contribution in [2.24, 2.45) is 0 Å². The van der Waals surface area contributed by atoms with E-state index in [0.717, 1.165) is 30.6 Å². The molecule has 1 aliphatic rings. The van der Waals surface area contributed by atoms with Gasteiger partial charge in [-0.1, -0.05) is 0 Å². The number of aromatic amines is 1. The van der Waals surface area contributed by atoms with E-state index in [1.807, 2.05) is 18.2 Å². The Bertz CT molecular complexity index is 560. The first-order valence-corrected chi connectivity index (χ1v) is 5.13. The number of benzene rings is 1. The minimum atomic E-state index is 0.731. The fourth-order valence-corrected chi connectivity index (χ4v) is 2.22. The predicted octanol–water partition coefficient (Wildman–Crippen LogP) is 1.69. The summed E-state index contributed by atoms with van der Waals surface area (Å²) in [5, 5.41) is 13.4. The third-order valence-corrected chi connectivity index (χ3v) is 2.98. The first kappa shape index (κ1) is 8.51. The number of nitrogens with zero attached hydrogens (tertiary/aromatic N) is 1. The molecule has 0 bridgehead atoms. The molecule has 0 fully saturated rings. The van der Waals surface area contributed by atoms with Gasteiger partial charge in [0.2, 0.25) is 0 Å². The summed E-state index contributed by atoms with van der Waals surface area (Å²) in [6.07, 6.45) is 1.05. The summed E-state index contributed by atoms with van der Waals surface area (Å²) in [6, 6.07) is 8.00. The summed E-state index contributed by atoms with van der Waals surface area (Å²) in [4.78, 5) is 3.42. The minimum absolute atomic E-state index is 0.731. The summed E-state index contributed by atoms with van der Waals surface area (Å²) in [7, 11) is 0. The second-order valence-corrected chi connectivity index (χ2v) is 3.88. The van der Waals surface area contributed by atoms with Gasteiger partial charge in [-0.05, 0) is 23.8 Å². The second kappa shape index (κ2) is 3.11. The Morgan fingerprint density at radius 1 is 1.33 bits per heavy atom. The average molecular weight is 197 g/mol. The first-order valence-electron chi connectivity index (χ1n) is 5.13. The van der Waals surface area contributed by atoms with E-state index in [-0.39, 0.29) is 0 Å². The summed E-state index contributed by atoms with van der Waals surface area (Å²) >= 11 is 0. The predicted molar refractivity (Wildman–Crippen MR) is 58.4 cm³/mol. The normalized spacial score (nSPS) is 14.9. The van der Waals surface area contributed by atoms with Crippen molar-refractivity contribution in [1.82, 2.24) is 10.3 Å². The molecule has 0 amide bonds. The quantitative estimate of drug-likeness (QED) is 0.675. The molecule has 3 nitrogen and oxygen atoms in total. The third-order valence-electron chi connectivity index (χ3n) is 2.98. The number of nitriles is 1. The van der Waals surface area contributed by atoms with Crippen molar-refractivity contribution in [3.05, 3.63) is 35.0 Å². The molecule has 0 aliphatic carbocycles. The van der Waals surface area contributed by atoms with Crippen LogP contribution >= 0.6 is 0 Å². The Hall–Kier alpha value is -1.79. The van der Waals surface area contributed by atoms with Gasteiger partial charge in [-0.25, -0.2) is 0 Å². The molecule has 2 aromatic rings. The smallest absolute Gasteiger partial charge is 0.0991 e. The van der Waals surface area contributed by atoms with Crippen molar-refractivity contribution in [2.75, 3.05) is 6.54 Å². The molecule has 0 spiro atoms. The van der Waals surface area contributed by atoms with E-state index < -0.39 is 0 Å². The Balaban J connectivity index is 2.30. The zero-order valence-electron chi connectivity index (χ0n) is 8.30. The maximum Gasteiger partial charge on any atom is 0.0991 e. The molecule has 1 aromatic heterocycles.